The van der Waals surface area contributed by atoms with E-state index in [9.17, 15) is 4.79 Å². The Labute approximate surface area is 118 Å². The molecule has 0 aromatic carbocycles. The Hall–Kier alpha value is -1.07. The van der Waals surface area contributed by atoms with Crippen molar-refractivity contribution in [2.75, 3.05) is 25.5 Å². The molecule has 2 rings (SSSR count). The predicted molar refractivity (Wildman–Crippen MR) is 76.1 cm³/mol. The molecule has 19 heavy (non-hydrogen) atoms. The van der Waals surface area contributed by atoms with Crippen LogP contribution in [0.4, 0.5) is 0 Å². The first-order chi connectivity index (χ1) is 9.34. The Balaban J connectivity index is 1.56. The minimum Gasteiger partial charge on any atom is -0.381 e. The molecule has 104 valence electrons. The number of pyridine rings is 1. The summed E-state index contributed by atoms with van der Waals surface area (Å²) in [7, 11) is 0. The second-order valence-electron chi connectivity index (χ2n) is 4.65. The molecule has 1 aliphatic rings. The van der Waals surface area contributed by atoms with Crippen LogP contribution in [0.15, 0.2) is 29.4 Å². The van der Waals surface area contributed by atoms with Crippen LogP contribution in [0, 0.1) is 5.92 Å². The van der Waals surface area contributed by atoms with Crippen molar-refractivity contribution in [1.82, 2.24) is 10.3 Å². The number of thioether (sulfide) groups is 1. The molecule has 1 aliphatic heterocycles. The molecule has 0 radical (unpaired) electrons. The van der Waals surface area contributed by atoms with E-state index < -0.39 is 0 Å². The highest BCUT2D eigenvalue weighted by molar-refractivity contribution is 7.99. The molecule has 1 amide bonds. The van der Waals surface area contributed by atoms with Crippen molar-refractivity contribution in [2.24, 2.45) is 5.92 Å². The van der Waals surface area contributed by atoms with Gasteiger partial charge in [-0.1, -0.05) is 6.07 Å². The largest absolute Gasteiger partial charge is 0.381 e. The first-order valence-corrected chi connectivity index (χ1v) is 7.71. The van der Waals surface area contributed by atoms with E-state index in [4.69, 9.17) is 4.74 Å². The number of rotatable bonds is 6. The van der Waals surface area contributed by atoms with Crippen LogP contribution in [-0.4, -0.2) is 36.4 Å². The maximum absolute atomic E-state index is 11.7. The lowest BCUT2D eigenvalue weighted by Gasteiger charge is -2.21. The van der Waals surface area contributed by atoms with Crippen LogP contribution in [0.3, 0.4) is 0 Å². The summed E-state index contributed by atoms with van der Waals surface area (Å²) in [5, 5.41) is 3.95. The Morgan fingerprint density at radius 2 is 2.47 bits per heavy atom. The number of aromatic nitrogens is 1. The molecule has 1 aromatic rings. The van der Waals surface area contributed by atoms with Gasteiger partial charge in [-0.25, -0.2) is 4.98 Å². The Morgan fingerprint density at radius 1 is 1.53 bits per heavy atom. The summed E-state index contributed by atoms with van der Waals surface area (Å²) in [6, 6.07) is 5.85. The lowest BCUT2D eigenvalue weighted by Crippen LogP contribution is -2.30. The highest BCUT2D eigenvalue weighted by Gasteiger charge is 2.17. The van der Waals surface area contributed by atoms with Crippen molar-refractivity contribution in [3.8, 4) is 0 Å². The normalized spacial score (nSPS) is 19.1. The summed E-state index contributed by atoms with van der Waals surface area (Å²) in [5.41, 5.74) is 0. The molecule has 5 heteroatoms. The molecule has 1 atom stereocenters. The van der Waals surface area contributed by atoms with Gasteiger partial charge >= 0.3 is 0 Å². The van der Waals surface area contributed by atoms with E-state index in [1.54, 1.807) is 18.0 Å². The zero-order valence-electron chi connectivity index (χ0n) is 11.0. The van der Waals surface area contributed by atoms with Crippen LogP contribution >= 0.6 is 11.8 Å². The molecule has 0 bridgehead atoms. The van der Waals surface area contributed by atoms with Gasteiger partial charge in [-0.3, -0.25) is 4.79 Å². The quantitative estimate of drug-likeness (QED) is 0.640. The first kappa shape index (κ1) is 14.3. The molecule has 0 spiro atoms. The van der Waals surface area contributed by atoms with Gasteiger partial charge in [-0.05, 0) is 30.9 Å². The second-order valence-corrected chi connectivity index (χ2v) is 5.77. The van der Waals surface area contributed by atoms with Gasteiger partial charge in [-0.15, -0.1) is 11.8 Å². The molecule has 4 nitrogen and oxygen atoms in total. The molecule has 2 heterocycles. The summed E-state index contributed by atoms with van der Waals surface area (Å²) in [6.07, 6.45) is 4.56. The zero-order chi connectivity index (χ0) is 13.3. The van der Waals surface area contributed by atoms with Crippen molar-refractivity contribution < 1.29 is 9.53 Å². The van der Waals surface area contributed by atoms with E-state index >= 15 is 0 Å². The van der Waals surface area contributed by atoms with E-state index in [0.29, 0.717) is 18.9 Å². The molecule has 0 unspecified atom stereocenters. The van der Waals surface area contributed by atoms with Crippen LogP contribution in [-0.2, 0) is 9.53 Å². The average molecular weight is 280 g/mol. The fourth-order valence-corrected chi connectivity index (χ4v) is 2.80. The third-order valence-corrected chi connectivity index (χ3v) is 3.99. The van der Waals surface area contributed by atoms with E-state index in [1.807, 2.05) is 18.2 Å². The van der Waals surface area contributed by atoms with Crippen molar-refractivity contribution in [1.29, 1.82) is 0 Å². The van der Waals surface area contributed by atoms with Crippen LogP contribution in [0.2, 0.25) is 0 Å². The fourth-order valence-electron chi connectivity index (χ4n) is 2.08. The Kier molecular flexibility index (Phi) is 6.17. The Bertz CT molecular complexity index is 380. The second kappa shape index (κ2) is 8.17. The topological polar surface area (TPSA) is 51.2 Å². The SMILES string of the molecule is O=C(C[C@H]1CCCOC1)NCCSc1ccccn1. The van der Waals surface area contributed by atoms with Gasteiger partial charge in [0.1, 0.15) is 0 Å². The van der Waals surface area contributed by atoms with E-state index in [0.717, 1.165) is 36.8 Å². The molecule has 1 N–H and O–H groups in total. The van der Waals surface area contributed by atoms with Crippen LogP contribution in [0.1, 0.15) is 19.3 Å². The minimum absolute atomic E-state index is 0.136. The number of nitrogens with zero attached hydrogens (tertiary/aromatic N) is 1. The predicted octanol–water partition coefficient (Wildman–Crippen LogP) is 2.11. The molecule has 1 aromatic heterocycles. The summed E-state index contributed by atoms with van der Waals surface area (Å²) in [6.45, 7) is 2.27. The molecule has 0 aliphatic carbocycles. The van der Waals surface area contributed by atoms with Crippen LogP contribution in [0.25, 0.3) is 0 Å². The number of hydrogen-bond donors (Lipinski definition) is 1. The van der Waals surface area contributed by atoms with Crippen LogP contribution in [0.5, 0.6) is 0 Å². The van der Waals surface area contributed by atoms with E-state index in [2.05, 4.69) is 10.3 Å². The summed E-state index contributed by atoms with van der Waals surface area (Å²) in [4.78, 5) is 16.0. The van der Waals surface area contributed by atoms with Crippen molar-refractivity contribution in [2.45, 2.75) is 24.3 Å². The van der Waals surface area contributed by atoms with Gasteiger partial charge in [0, 0.05) is 38.1 Å². The molecular formula is C14H20N2O2S. The number of carbonyl (C=O) groups excluding carboxylic acids is 1. The van der Waals surface area contributed by atoms with Gasteiger partial charge in [0.2, 0.25) is 5.91 Å². The average Bonchev–Trinajstić information content (AvgIpc) is 2.46. The molecule has 1 fully saturated rings. The Morgan fingerprint density at radius 3 is 3.21 bits per heavy atom. The molecule has 1 saturated heterocycles. The number of nitrogens with one attached hydrogen (secondary N) is 1. The smallest absolute Gasteiger partial charge is 0.220 e. The van der Waals surface area contributed by atoms with Crippen LogP contribution < -0.4 is 5.32 Å². The third-order valence-electron chi connectivity index (χ3n) is 3.04. The van der Waals surface area contributed by atoms with Gasteiger partial charge in [0.25, 0.3) is 0 Å². The number of amides is 1. The monoisotopic (exact) mass is 280 g/mol. The van der Waals surface area contributed by atoms with Gasteiger partial charge < -0.3 is 10.1 Å². The minimum atomic E-state index is 0.136. The third kappa shape index (κ3) is 5.61. The number of ether oxygens (including phenoxy) is 1. The molecular weight excluding hydrogens is 260 g/mol. The van der Waals surface area contributed by atoms with E-state index in [1.165, 1.54) is 0 Å². The summed E-state index contributed by atoms with van der Waals surface area (Å²) < 4.78 is 5.37. The lowest BCUT2D eigenvalue weighted by atomic mass is 9.98. The highest BCUT2D eigenvalue weighted by atomic mass is 32.2. The van der Waals surface area contributed by atoms with Gasteiger partial charge in [0.15, 0.2) is 0 Å². The van der Waals surface area contributed by atoms with E-state index in [-0.39, 0.29) is 5.91 Å². The molecule has 0 saturated carbocycles. The summed E-state index contributed by atoms with van der Waals surface area (Å²) in [5.74, 6) is 1.39. The number of carbonyl (C=O) groups is 1. The standard InChI is InChI=1S/C14H20N2O2S/c17-13(10-12-4-3-8-18-11-12)15-7-9-19-14-5-1-2-6-16-14/h1-2,5-6,12H,3-4,7-11H2,(H,15,17)/t12-/m1/s1. The lowest BCUT2D eigenvalue weighted by molar-refractivity contribution is -0.122. The van der Waals surface area contributed by atoms with Gasteiger partial charge in [-0.2, -0.15) is 0 Å². The van der Waals surface area contributed by atoms with Crippen molar-refractivity contribution >= 4 is 17.7 Å². The highest BCUT2D eigenvalue weighted by Crippen LogP contribution is 2.17. The fraction of sp³-hybridized carbons (Fsp3) is 0.571. The maximum Gasteiger partial charge on any atom is 0.220 e. The van der Waals surface area contributed by atoms with Crippen molar-refractivity contribution in [3.05, 3.63) is 24.4 Å². The first-order valence-electron chi connectivity index (χ1n) is 6.73. The van der Waals surface area contributed by atoms with Crippen molar-refractivity contribution in [3.63, 3.8) is 0 Å². The maximum atomic E-state index is 11.7. The zero-order valence-corrected chi connectivity index (χ0v) is 11.8. The number of hydrogen-bond acceptors (Lipinski definition) is 4. The summed E-state index contributed by atoms with van der Waals surface area (Å²) >= 11 is 1.66. The van der Waals surface area contributed by atoms with Gasteiger partial charge in [0.05, 0.1) is 5.03 Å².